The van der Waals surface area contributed by atoms with Crippen LogP contribution in [0, 0.1) is 6.92 Å². The smallest absolute Gasteiger partial charge is 0.0508 e. The van der Waals surface area contributed by atoms with E-state index in [0.717, 1.165) is 30.8 Å². The van der Waals surface area contributed by atoms with Crippen molar-refractivity contribution < 1.29 is 0 Å². The lowest BCUT2D eigenvalue weighted by Gasteiger charge is -2.09. The van der Waals surface area contributed by atoms with Gasteiger partial charge >= 0.3 is 0 Å². The second-order valence-electron chi connectivity index (χ2n) is 6.07. The molecule has 0 saturated heterocycles. The number of aromatic amines is 1. The summed E-state index contributed by atoms with van der Waals surface area (Å²) in [7, 11) is 0. The van der Waals surface area contributed by atoms with Crippen molar-refractivity contribution in [3.05, 3.63) is 52.5 Å². The van der Waals surface area contributed by atoms with Gasteiger partial charge in [-0.05, 0) is 68.3 Å². The van der Waals surface area contributed by atoms with Crippen LogP contribution in [0.2, 0.25) is 5.02 Å². The van der Waals surface area contributed by atoms with Crippen molar-refractivity contribution in [1.82, 2.24) is 4.98 Å². The lowest BCUT2D eigenvalue weighted by molar-refractivity contribution is 0.748. The van der Waals surface area contributed by atoms with E-state index in [2.05, 4.69) is 48.5 Å². The largest absolute Gasteiger partial charge is 0.354 e. The Balaban J connectivity index is 2.22. The lowest BCUT2D eigenvalue weighted by Crippen LogP contribution is -1.99. The Labute approximate surface area is 152 Å². The molecular weight excluding hydrogens is 336 g/mol. The molecule has 0 spiro atoms. The molecule has 126 valence electrons. The van der Waals surface area contributed by atoms with Gasteiger partial charge < -0.3 is 10.7 Å². The molecule has 0 amide bonds. The summed E-state index contributed by atoms with van der Waals surface area (Å²) in [6, 6.07) is 12.7. The van der Waals surface area contributed by atoms with Crippen LogP contribution in [0.1, 0.15) is 24.0 Å². The number of hydrogen-bond donors (Lipinski definition) is 2. The van der Waals surface area contributed by atoms with Crippen LogP contribution in [-0.4, -0.2) is 17.8 Å². The summed E-state index contributed by atoms with van der Waals surface area (Å²) in [5.74, 6) is 0. The van der Waals surface area contributed by atoms with Crippen LogP contribution in [0.4, 0.5) is 0 Å². The Bertz CT molecular complexity index is 854. The molecule has 3 N–H and O–H groups in total. The molecule has 0 aliphatic heterocycles. The summed E-state index contributed by atoms with van der Waals surface area (Å²) < 4.78 is 0. The molecule has 1 aromatic heterocycles. The highest BCUT2D eigenvalue weighted by atomic mass is 35.5. The molecule has 1 heterocycles. The number of aryl methyl sites for hydroxylation is 2. The third-order valence-corrected chi connectivity index (χ3v) is 5.45. The van der Waals surface area contributed by atoms with Crippen molar-refractivity contribution in [1.29, 1.82) is 0 Å². The van der Waals surface area contributed by atoms with Gasteiger partial charge in [0.05, 0.1) is 5.69 Å². The van der Waals surface area contributed by atoms with Crippen molar-refractivity contribution in [3.63, 3.8) is 0 Å². The van der Waals surface area contributed by atoms with Gasteiger partial charge in [0.2, 0.25) is 0 Å². The summed E-state index contributed by atoms with van der Waals surface area (Å²) in [5.41, 5.74) is 11.9. The standard InChI is InChI=1S/C20H23ClN2S/c1-13-11-14(21)12-17-15(7-5-6-10-22)20(23-19(13)17)16-8-3-4-9-18(16)24-2/h3-4,8-9,11-12,23H,5-7,10,22H2,1-2H3. The molecule has 2 aromatic carbocycles. The molecule has 0 aliphatic carbocycles. The monoisotopic (exact) mass is 358 g/mol. The maximum absolute atomic E-state index is 6.33. The highest BCUT2D eigenvalue weighted by molar-refractivity contribution is 7.98. The summed E-state index contributed by atoms with van der Waals surface area (Å²) in [4.78, 5) is 4.96. The minimum atomic E-state index is 0.735. The first kappa shape index (κ1) is 17.4. The van der Waals surface area contributed by atoms with Gasteiger partial charge in [-0.3, -0.25) is 0 Å². The summed E-state index contributed by atoms with van der Waals surface area (Å²) in [6.45, 7) is 2.84. The summed E-state index contributed by atoms with van der Waals surface area (Å²) >= 11 is 8.11. The maximum atomic E-state index is 6.33. The zero-order valence-electron chi connectivity index (χ0n) is 14.2. The predicted molar refractivity (Wildman–Crippen MR) is 107 cm³/mol. The first-order valence-electron chi connectivity index (χ1n) is 8.30. The molecule has 0 atom stereocenters. The number of fused-ring (bicyclic) bond motifs is 1. The van der Waals surface area contributed by atoms with Crippen molar-refractivity contribution >= 4 is 34.3 Å². The number of halogens is 1. The van der Waals surface area contributed by atoms with Crippen LogP contribution in [0.15, 0.2) is 41.3 Å². The second-order valence-corrected chi connectivity index (χ2v) is 7.35. The Hall–Kier alpha value is -1.42. The molecule has 0 fully saturated rings. The summed E-state index contributed by atoms with van der Waals surface area (Å²) in [6.07, 6.45) is 5.26. The van der Waals surface area contributed by atoms with Crippen molar-refractivity contribution in [2.75, 3.05) is 12.8 Å². The molecule has 3 aromatic rings. The van der Waals surface area contributed by atoms with Crippen molar-refractivity contribution in [2.24, 2.45) is 5.73 Å². The van der Waals surface area contributed by atoms with E-state index in [9.17, 15) is 0 Å². The number of hydrogen-bond acceptors (Lipinski definition) is 2. The number of aromatic nitrogens is 1. The number of H-pyrrole nitrogens is 1. The molecule has 0 unspecified atom stereocenters. The number of thioether (sulfide) groups is 1. The zero-order chi connectivity index (χ0) is 17.1. The number of nitrogens with one attached hydrogen (secondary N) is 1. The zero-order valence-corrected chi connectivity index (χ0v) is 15.7. The van der Waals surface area contributed by atoms with Crippen molar-refractivity contribution in [2.45, 2.75) is 31.1 Å². The predicted octanol–water partition coefficient (Wildman–Crippen LogP) is 5.80. The van der Waals surface area contributed by atoms with Gasteiger partial charge in [-0.1, -0.05) is 29.8 Å². The average molecular weight is 359 g/mol. The van der Waals surface area contributed by atoms with Crippen LogP contribution < -0.4 is 5.73 Å². The Morgan fingerprint density at radius 1 is 1.17 bits per heavy atom. The van der Waals surface area contributed by atoms with E-state index < -0.39 is 0 Å². The van der Waals surface area contributed by atoms with Crippen LogP contribution in [-0.2, 0) is 6.42 Å². The highest BCUT2D eigenvalue weighted by Gasteiger charge is 2.17. The molecule has 24 heavy (non-hydrogen) atoms. The fraction of sp³-hybridized carbons (Fsp3) is 0.300. The van der Waals surface area contributed by atoms with E-state index in [1.165, 1.54) is 38.2 Å². The minimum Gasteiger partial charge on any atom is -0.354 e. The number of rotatable bonds is 6. The third kappa shape index (κ3) is 3.34. The topological polar surface area (TPSA) is 41.8 Å². The SMILES string of the molecule is CSc1ccccc1-c1[nH]c2c(C)cc(Cl)cc2c1CCCCN. The third-order valence-electron chi connectivity index (χ3n) is 4.43. The number of nitrogens with two attached hydrogens (primary N) is 1. The Kier molecular flexibility index (Phi) is 5.54. The molecule has 3 rings (SSSR count). The normalized spacial score (nSPS) is 11.3. The van der Waals surface area contributed by atoms with Crippen LogP contribution >= 0.6 is 23.4 Å². The first-order valence-corrected chi connectivity index (χ1v) is 9.90. The van der Waals surface area contributed by atoms with E-state index >= 15 is 0 Å². The Morgan fingerprint density at radius 3 is 2.71 bits per heavy atom. The fourth-order valence-corrected chi connectivity index (χ4v) is 4.15. The van der Waals surface area contributed by atoms with Gasteiger partial charge in [0.15, 0.2) is 0 Å². The first-order chi connectivity index (χ1) is 11.7. The average Bonchev–Trinajstić information content (AvgIpc) is 2.94. The van der Waals surface area contributed by atoms with E-state index in [1.807, 2.05) is 6.07 Å². The molecule has 2 nitrogen and oxygen atoms in total. The van der Waals surface area contributed by atoms with Gasteiger partial charge in [0.25, 0.3) is 0 Å². The van der Waals surface area contributed by atoms with E-state index in [4.69, 9.17) is 17.3 Å². The van der Waals surface area contributed by atoms with E-state index in [0.29, 0.717) is 0 Å². The van der Waals surface area contributed by atoms with Gasteiger partial charge in [0.1, 0.15) is 0 Å². The van der Waals surface area contributed by atoms with Gasteiger partial charge in [-0.25, -0.2) is 0 Å². The molecular formula is C20H23ClN2S. The van der Waals surface area contributed by atoms with Crippen molar-refractivity contribution in [3.8, 4) is 11.3 Å². The number of unbranched alkanes of at least 4 members (excludes halogenated alkanes) is 1. The highest BCUT2D eigenvalue weighted by Crippen LogP contribution is 2.38. The van der Waals surface area contributed by atoms with Gasteiger partial charge in [-0.15, -0.1) is 11.8 Å². The molecule has 4 heteroatoms. The van der Waals surface area contributed by atoms with Gasteiger partial charge in [-0.2, -0.15) is 0 Å². The minimum absolute atomic E-state index is 0.735. The van der Waals surface area contributed by atoms with Crippen LogP contribution in [0.25, 0.3) is 22.2 Å². The molecule has 0 radical (unpaired) electrons. The fourth-order valence-electron chi connectivity index (χ4n) is 3.27. The van der Waals surface area contributed by atoms with E-state index in [-0.39, 0.29) is 0 Å². The molecule has 0 saturated carbocycles. The maximum Gasteiger partial charge on any atom is 0.0508 e. The quantitative estimate of drug-likeness (QED) is 0.432. The number of benzene rings is 2. The second kappa shape index (κ2) is 7.64. The lowest BCUT2D eigenvalue weighted by atomic mass is 9.99. The van der Waals surface area contributed by atoms with Crippen LogP contribution in [0.5, 0.6) is 0 Å². The van der Waals surface area contributed by atoms with E-state index in [1.54, 1.807) is 11.8 Å². The molecule has 0 bridgehead atoms. The van der Waals surface area contributed by atoms with Crippen LogP contribution in [0.3, 0.4) is 0 Å². The molecule has 0 aliphatic rings. The van der Waals surface area contributed by atoms with Gasteiger partial charge in [0, 0.05) is 26.4 Å². The Morgan fingerprint density at radius 2 is 1.96 bits per heavy atom. The summed E-state index contributed by atoms with van der Waals surface area (Å²) in [5, 5.41) is 2.03.